The fourth-order valence-corrected chi connectivity index (χ4v) is 3.62. The number of carbonyl (C=O) groups excluding carboxylic acids is 1. The number of rotatable bonds is 6. The van der Waals surface area contributed by atoms with Crippen molar-refractivity contribution >= 4 is 5.91 Å². The number of carbonyl (C=O) groups is 1. The van der Waals surface area contributed by atoms with Crippen LogP contribution in [0.4, 0.5) is 0 Å². The standard InChI is InChI=1S/C23H22N6O/c1-16-6-10-19(11-7-16)29-22(17-8-9-17)21(26-27-29)23(30)25-14-18-4-2-3-5-20(18)28-13-12-24-15-28/h2-7,10-13,15,17H,8-9,14H2,1H3,(H,25,30). The lowest BCUT2D eigenvalue weighted by Crippen LogP contribution is -2.25. The molecular formula is C23H22N6O. The molecule has 0 saturated heterocycles. The van der Waals surface area contributed by atoms with Crippen LogP contribution < -0.4 is 5.32 Å². The quantitative estimate of drug-likeness (QED) is 0.539. The van der Waals surface area contributed by atoms with Crippen molar-refractivity contribution in [1.29, 1.82) is 0 Å². The van der Waals surface area contributed by atoms with E-state index in [1.54, 1.807) is 12.5 Å². The van der Waals surface area contributed by atoms with Crippen molar-refractivity contribution in [2.24, 2.45) is 0 Å². The maximum Gasteiger partial charge on any atom is 0.274 e. The molecule has 30 heavy (non-hydrogen) atoms. The predicted molar refractivity (Wildman–Crippen MR) is 113 cm³/mol. The van der Waals surface area contributed by atoms with Crippen molar-refractivity contribution in [2.75, 3.05) is 0 Å². The summed E-state index contributed by atoms with van der Waals surface area (Å²) in [6, 6.07) is 16.1. The molecule has 1 aliphatic rings. The fourth-order valence-electron chi connectivity index (χ4n) is 3.62. The van der Waals surface area contributed by atoms with E-state index in [2.05, 4.69) is 20.6 Å². The van der Waals surface area contributed by atoms with Gasteiger partial charge in [0, 0.05) is 24.9 Å². The Hall–Kier alpha value is -3.74. The maximum atomic E-state index is 13.0. The average molecular weight is 398 g/mol. The van der Waals surface area contributed by atoms with Crippen LogP contribution in [0.3, 0.4) is 0 Å². The molecule has 1 saturated carbocycles. The summed E-state index contributed by atoms with van der Waals surface area (Å²) in [5.74, 6) is 0.135. The van der Waals surface area contributed by atoms with E-state index in [-0.39, 0.29) is 5.91 Å². The second-order valence-corrected chi connectivity index (χ2v) is 7.63. The fraction of sp³-hybridized carbons (Fsp3) is 0.217. The topological polar surface area (TPSA) is 77.6 Å². The van der Waals surface area contributed by atoms with Gasteiger partial charge in [-0.25, -0.2) is 9.67 Å². The Morgan fingerprint density at radius 3 is 2.67 bits per heavy atom. The molecule has 0 unspecified atom stereocenters. The number of nitrogens with zero attached hydrogens (tertiary/aromatic N) is 5. The molecular weight excluding hydrogens is 376 g/mol. The first-order valence-corrected chi connectivity index (χ1v) is 10.1. The lowest BCUT2D eigenvalue weighted by Gasteiger charge is -2.11. The third-order valence-electron chi connectivity index (χ3n) is 5.38. The highest BCUT2D eigenvalue weighted by atomic mass is 16.2. The zero-order valence-electron chi connectivity index (χ0n) is 16.7. The number of imidazole rings is 1. The number of amides is 1. The highest BCUT2D eigenvalue weighted by Crippen LogP contribution is 2.42. The first-order chi connectivity index (χ1) is 14.7. The minimum atomic E-state index is -0.198. The number of aryl methyl sites for hydroxylation is 1. The van der Waals surface area contributed by atoms with Crippen LogP contribution in [-0.4, -0.2) is 30.5 Å². The molecule has 0 bridgehead atoms. The molecule has 1 aliphatic carbocycles. The van der Waals surface area contributed by atoms with Gasteiger partial charge in [0.2, 0.25) is 0 Å². The Kier molecular flexibility index (Phi) is 4.63. The number of benzene rings is 2. The Bertz CT molecular complexity index is 1170. The van der Waals surface area contributed by atoms with Crippen molar-refractivity contribution in [3.63, 3.8) is 0 Å². The Balaban J connectivity index is 1.40. The Labute approximate surface area is 174 Å². The molecule has 1 fully saturated rings. The summed E-state index contributed by atoms with van der Waals surface area (Å²) in [5.41, 5.74) is 5.42. The van der Waals surface area contributed by atoms with Crippen LogP contribution >= 0.6 is 0 Å². The van der Waals surface area contributed by atoms with Crippen molar-refractivity contribution < 1.29 is 4.79 Å². The summed E-state index contributed by atoms with van der Waals surface area (Å²) in [6.07, 6.45) is 7.49. The summed E-state index contributed by atoms with van der Waals surface area (Å²) in [5, 5.41) is 11.6. The van der Waals surface area contributed by atoms with E-state index in [0.717, 1.165) is 35.5 Å². The zero-order valence-corrected chi connectivity index (χ0v) is 16.7. The molecule has 0 spiro atoms. The van der Waals surface area contributed by atoms with Gasteiger partial charge in [-0.2, -0.15) is 0 Å². The molecule has 1 amide bonds. The van der Waals surface area contributed by atoms with Crippen LogP contribution in [0.5, 0.6) is 0 Å². The van der Waals surface area contributed by atoms with Gasteiger partial charge in [-0.1, -0.05) is 41.1 Å². The summed E-state index contributed by atoms with van der Waals surface area (Å²) < 4.78 is 3.75. The van der Waals surface area contributed by atoms with E-state index in [9.17, 15) is 4.79 Å². The van der Waals surface area contributed by atoms with E-state index in [4.69, 9.17) is 0 Å². The number of para-hydroxylation sites is 1. The number of nitrogens with one attached hydrogen (secondary N) is 1. The van der Waals surface area contributed by atoms with Crippen molar-refractivity contribution in [3.05, 3.63) is 89.8 Å². The first-order valence-electron chi connectivity index (χ1n) is 10.1. The van der Waals surface area contributed by atoms with E-state index >= 15 is 0 Å². The average Bonchev–Trinajstić information content (AvgIpc) is 3.27. The van der Waals surface area contributed by atoms with Gasteiger partial charge < -0.3 is 9.88 Å². The second-order valence-electron chi connectivity index (χ2n) is 7.63. The lowest BCUT2D eigenvalue weighted by molar-refractivity contribution is 0.0945. The van der Waals surface area contributed by atoms with Crippen molar-refractivity contribution in [3.8, 4) is 11.4 Å². The summed E-state index contributed by atoms with van der Waals surface area (Å²) in [7, 11) is 0. The van der Waals surface area contributed by atoms with Gasteiger partial charge in [0.1, 0.15) is 0 Å². The molecule has 0 aliphatic heterocycles. The maximum absolute atomic E-state index is 13.0. The largest absolute Gasteiger partial charge is 0.346 e. The van der Waals surface area contributed by atoms with Gasteiger partial charge in [0.25, 0.3) is 5.91 Å². The van der Waals surface area contributed by atoms with Crippen LogP contribution in [0, 0.1) is 6.92 Å². The van der Waals surface area contributed by atoms with E-state index < -0.39 is 0 Å². The van der Waals surface area contributed by atoms with Crippen LogP contribution in [0.25, 0.3) is 11.4 Å². The normalized spacial score (nSPS) is 13.4. The molecule has 0 radical (unpaired) electrons. The number of hydrogen-bond acceptors (Lipinski definition) is 4. The second kappa shape index (κ2) is 7.59. The molecule has 7 nitrogen and oxygen atoms in total. The SMILES string of the molecule is Cc1ccc(-n2nnc(C(=O)NCc3ccccc3-n3ccnc3)c2C2CC2)cc1. The monoisotopic (exact) mass is 398 g/mol. The molecule has 4 aromatic rings. The van der Waals surface area contributed by atoms with E-state index in [1.807, 2.05) is 70.9 Å². The van der Waals surface area contributed by atoms with Crippen LogP contribution in [0.2, 0.25) is 0 Å². The highest BCUT2D eigenvalue weighted by molar-refractivity contribution is 5.93. The van der Waals surface area contributed by atoms with Crippen molar-refractivity contribution in [1.82, 2.24) is 29.9 Å². The van der Waals surface area contributed by atoms with Gasteiger partial charge in [-0.3, -0.25) is 4.79 Å². The van der Waals surface area contributed by atoms with E-state index in [1.165, 1.54) is 5.56 Å². The van der Waals surface area contributed by atoms with Crippen LogP contribution in [0.1, 0.15) is 46.1 Å². The summed E-state index contributed by atoms with van der Waals surface area (Å²) >= 11 is 0. The van der Waals surface area contributed by atoms with Gasteiger partial charge in [0.05, 0.1) is 23.4 Å². The smallest absolute Gasteiger partial charge is 0.274 e. The third kappa shape index (κ3) is 3.50. The molecule has 150 valence electrons. The minimum Gasteiger partial charge on any atom is -0.346 e. The third-order valence-corrected chi connectivity index (χ3v) is 5.38. The van der Waals surface area contributed by atoms with E-state index in [0.29, 0.717) is 18.2 Å². The number of aromatic nitrogens is 5. The molecule has 0 atom stereocenters. The first kappa shape index (κ1) is 18.3. The number of hydrogen-bond donors (Lipinski definition) is 1. The predicted octanol–water partition coefficient (Wildman–Crippen LogP) is 3.57. The minimum absolute atomic E-state index is 0.198. The zero-order chi connectivity index (χ0) is 20.5. The van der Waals surface area contributed by atoms with Crippen molar-refractivity contribution in [2.45, 2.75) is 32.2 Å². The Morgan fingerprint density at radius 1 is 1.13 bits per heavy atom. The summed E-state index contributed by atoms with van der Waals surface area (Å²) in [6.45, 7) is 2.45. The van der Waals surface area contributed by atoms with Gasteiger partial charge >= 0.3 is 0 Å². The van der Waals surface area contributed by atoms with Gasteiger partial charge in [-0.05, 0) is 43.5 Å². The van der Waals surface area contributed by atoms with Crippen LogP contribution in [0.15, 0.2) is 67.3 Å². The van der Waals surface area contributed by atoms with Gasteiger partial charge in [0.15, 0.2) is 5.69 Å². The molecule has 2 aromatic heterocycles. The Morgan fingerprint density at radius 2 is 1.93 bits per heavy atom. The van der Waals surface area contributed by atoms with Crippen LogP contribution in [-0.2, 0) is 6.54 Å². The molecule has 1 N–H and O–H groups in total. The lowest BCUT2D eigenvalue weighted by atomic mass is 10.1. The highest BCUT2D eigenvalue weighted by Gasteiger charge is 2.34. The molecule has 5 rings (SSSR count). The van der Waals surface area contributed by atoms with Gasteiger partial charge in [-0.15, -0.1) is 5.10 Å². The molecule has 7 heteroatoms. The summed E-state index contributed by atoms with van der Waals surface area (Å²) in [4.78, 5) is 17.1. The molecule has 2 heterocycles. The molecule has 2 aromatic carbocycles.